The van der Waals surface area contributed by atoms with Crippen LogP contribution in [0.3, 0.4) is 0 Å². The van der Waals surface area contributed by atoms with Crippen molar-refractivity contribution in [2.24, 2.45) is 0 Å². The Bertz CT molecular complexity index is 1150. The van der Waals surface area contributed by atoms with Crippen molar-refractivity contribution < 1.29 is 14.7 Å². The number of thioether (sulfide) groups is 1. The highest BCUT2D eigenvalue weighted by Crippen LogP contribution is 2.53. The second kappa shape index (κ2) is 5.78. The van der Waals surface area contributed by atoms with Crippen LogP contribution in [-0.4, -0.2) is 16.7 Å². The maximum Gasteiger partial charge on any atom is 0.201 e. The zero-order chi connectivity index (χ0) is 18.6. The zero-order valence-corrected chi connectivity index (χ0v) is 15.0. The molecule has 1 aliphatic heterocycles. The van der Waals surface area contributed by atoms with E-state index in [1.807, 2.05) is 42.5 Å². The molecule has 0 fully saturated rings. The summed E-state index contributed by atoms with van der Waals surface area (Å²) in [5, 5.41) is 12.0. The highest BCUT2D eigenvalue weighted by molar-refractivity contribution is 8.04. The summed E-state index contributed by atoms with van der Waals surface area (Å²) >= 11 is 1.26. The van der Waals surface area contributed by atoms with E-state index in [2.05, 4.69) is 0 Å². The average molecular weight is 370 g/mol. The van der Waals surface area contributed by atoms with E-state index in [1.54, 1.807) is 36.4 Å². The van der Waals surface area contributed by atoms with E-state index in [0.29, 0.717) is 27.2 Å². The van der Waals surface area contributed by atoms with Gasteiger partial charge < -0.3 is 5.11 Å². The molecule has 130 valence electrons. The van der Waals surface area contributed by atoms with Crippen LogP contribution in [0.15, 0.2) is 94.2 Å². The van der Waals surface area contributed by atoms with Crippen LogP contribution in [0.2, 0.25) is 0 Å². The van der Waals surface area contributed by atoms with Crippen molar-refractivity contribution in [3.8, 4) is 0 Å². The van der Waals surface area contributed by atoms with Crippen molar-refractivity contribution in [3.63, 3.8) is 0 Å². The van der Waals surface area contributed by atoms with Crippen LogP contribution < -0.4 is 0 Å². The molecule has 1 atom stereocenters. The fraction of sp³-hybridized carbons (Fsp3) is 0.0435. The average Bonchev–Trinajstić information content (AvgIpc) is 2.72. The number of fused-ring (bicyclic) bond motifs is 2. The monoisotopic (exact) mass is 370 g/mol. The number of Topliss-reactive ketones (excluding diaryl/α,β-unsaturated/α-hetero) is 2. The van der Waals surface area contributed by atoms with Gasteiger partial charge in [-0.15, -0.1) is 0 Å². The van der Waals surface area contributed by atoms with Gasteiger partial charge in [-0.3, -0.25) is 9.59 Å². The molecule has 0 aromatic heterocycles. The first-order valence-electron chi connectivity index (χ1n) is 8.61. The number of rotatable bonds is 1. The molecule has 4 heteroatoms. The molecule has 1 N–H and O–H groups in total. The van der Waals surface area contributed by atoms with Crippen LogP contribution in [0, 0.1) is 0 Å². The predicted molar refractivity (Wildman–Crippen MR) is 104 cm³/mol. The molecular weight excluding hydrogens is 356 g/mol. The SMILES string of the molecule is O=C1C2=C(C(=O)c3ccccc31)C(O)(c1ccccc1)c1ccccc1S2. The van der Waals surface area contributed by atoms with Gasteiger partial charge in [-0.25, -0.2) is 0 Å². The van der Waals surface area contributed by atoms with Gasteiger partial charge in [0.15, 0.2) is 5.78 Å². The first-order chi connectivity index (χ1) is 13.1. The maximum absolute atomic E-state index is 13.4. The summed E-state index contributed by atoms with van der Waals surface area (Å²) in [7, 11) is 0. The number of carbonyl (C=O) groups excluding carboxylic acids is 2. The van der Waals surface area contributed by atoms with E-state index < -0.39 is 5.60 Å². The topological polar surface area (TPSA) is 54.4 Å². The minimum absolute atomic E-state index is 0.154. The number of aliphatic hydroxyl groups is 1. The Balaban J connectivity index is 1.86. The Morgan fingerprint density at radius 2 is 1.30 bits per heavy atom. The highest BCUT2D eigenvalue weighted by Gasteiger charge is 2.50. The summed E-state index contributed by atoms with van der Waals surface area (Å²) in [6.45, 7) is 0. The Morgan fingerprint density at radius 3 is 2.04 bits per heavy atom. The summed E-state index contributed by atoms with van der Waals surface area (Å²) < 4.78 is 0. The van der Waals surface area contributed by atoms with Crippen LogP contribution in [0.1, 0.15) is 31.8 Å². The van der Waals surface area contributed by atoms with Gasteiger partial charge in [0.25, 0.3) is 0 Å². The van der Waals surface area contributed by atoms with Gasteiger partial charge in [0.05, 0.1) is 10.5 Å². The fourth-order valence-electron chi connectivity index (χ4n) is 3.86. The van der Waals surface area contributed by atoms with Crippen LogP contribution in [0.25, 0.3) is 0 Å². The van der Waals surface area contributed by atoms with E-state index in [-0.39, 0.29) is 17.1 Å². The zero-order valence-electron chi connectivity index (χ0n) is 14.2. The lowest BCUT2D eigenvalue weighted by Gasteiger charge is -2.39. The van der Waals surface area contributed by atoms with Crippen molar-refractivity contribution in [3.05, 3.63) is 112 Å². The molecule has 5 rings (SSSR count). The molecule has 0 saturated heterocycles. The predicted octanol–water partition coefficient (Wildman–Crippen LogP) is 4.36. The Labute approximate surface area is 160 Å². The second-order valence-corrected chi connectivity index (χ2v) is 7.63. The first kappa shape index (κ1) is 16.2. The third-order valence-corrected chi connectivity index (χ3v) is 6.29. The van der Waals surface area contributed by atoms with Crippen molar-refractivity contribution in [2.75, 3.05) is 0 Å². The van der Waals surface area contributed by atoms with Gasteiger partial charge in [0.1, 0.15) is 5.60 Å². The first-order valence-corrected chi connectivity index (χ1v) is 9.42. The second-order valence-electron chi connectivity index (χ2n) is 6.58. The van der Waals surface area contributed by atoms with Gasteiger partial charge in [-0.1, -0.05) is 84.6 Å². The van der Waals surface area contributed by atoms with Crippen molar-refractivity contribution in [1.29, 1.82) is 0 Å². The molecule has 1 heterocycles. The van der Waals surface area contributed by atoms with Gasteiger partial charge in [-0.05, 0) is 11.6 Å². The largest absolute Gasteiger partial charge is 0.376 e. The molecule has 2 aliphatic rings. The standard InChI is InChI=1S/C23H14O3S/c24-20-15-10-4-5-11-16(15)21(25)22-19(20)23(26,14-8-2-1-3-9-14)17-12-6-7-13-18(17)27-22/h1-13,26H. The summed E-state index contributed by atoms with van der Waals surface area (Å²) in [6, 6.07) is 23.3. The molecule has 1 unspecified atom stereocenters. The van der Waals surface area contributed by atoms with Crippen LogP contribution in [0.5, 0.6) is 0 Å². The number of hydrogen-bond acceptors (Lipinski definition) is 4. The molecule has 27 heavy (non-hydrogen) atoms. The third-order valence-electron chi connectivity index (χ3n) is 5.12. The lowest BCUT2D eigenvalue weighted by molar-refractivity contribution is 0.0821. The van der Waals surface area contributed by atoms with Gasteiger partial charge in [0, 0.05) is 21.6 Å². The quantitative estimate of drug-likeness (QED) is 0.691. The Morgan fingerprint density at radius 1 is 0.704 bits per heavy atom. The van der Waals surface area contributed by atoms with Crippen LogP contribution >= 0.6 is 11.8 Å². The molecule has 3 aromatic carbocycles. The van der Waals surface area contributed by atoms with Crippen LogP contribution in [0.4, 0.5) is 0 Å². The minimum atomic E-state index is -1.67. The van der Waals surface area contributed by atoms with Gasteiger partial charge in [0.2, 0.25) is 5.78 Å². The Kier molecular flexibility index (Phi) is 3.47. The normalized spacial score (nSPS) is 20.8. The minimum Gasteiger partial charge on any atom is -0.376 e. The van der Waals surface area contributed by atoms with Crippen molar-refractivity contribution in [2.45, 2.75) is 10.5 Å². The lowest BCUT2D eigenvalue weighted by atomic mass is 9.73. The molecule has 0 saturated carbocycles. The van der Waals surface area contributed by atoms with E-state index in [9.17, 15) is 14.7 Å². The molecule has 0 spiro atoms. The van der Waals surface area contributed by atoms with Gasteiger partial charge in [-0.2, -0.15) is 0 Å². The summed E-state index contributed by atoms with van der Waals surface area (Å²) in [4.78, 5) is 27.7. The molecule has 0 bridgehead atoms. The molecule has 3 aromatic rings. The summed E-state index contributed by atoms with van der Waals surface area (Å²) in [6.07, 6.45) is 0. The highest BCUT2D eigenvalue weighted by atomic mass is 32.2. The molecule has 1 aliphatic carbocycles. The van der Waals surface area contributed by atoms with E-state index in [4.69, 9.17) is 0 Å². The molecular formula is C23H14O3S. The number of allylic oxidation sites excluding steroid dienone is 1. The van der Waals surface area contributed by atoms with E-state index in [1.165, 1.54) is 11.8 Å². The van der Waals surface area contributed by atoms with Crippen molar-refractivity contribution in [1.82, 2.24) is 0 Å². The lowest BCUT2D eigenvalue weighted by Crippen LogP contribution is -2.40. The van der Waals surface area contributed by atoms with E-state index in [0.717, 1.165) is 4.90 Å². The van der Waals surface area contributed by atoms with Crippen LogP contribution in [-0.2, 0) is 5.60 Å². The van der Waals surface area contributed by atoms with E-state index >= 15 is 0 Å². The number of benzene rings is 3. The summed E-state index contributed by atoms with van der Waals surface area (Å²) in [5.74, 6) is -0.511. The smallest absolute Gasteiger partial charge is 0.201 e. The number of hydrogen-bond donors (Lipinski definition) is 1. The fourth-order valence-corrected chi connectivity index (χ4v) is 5.09. The Hall–Kier alpha value is -2.95. The third kappa shape index (κ3) is 2.14. The molecule has 0 amide bonds. The van der Waals surface area contributed by atoms with Gasteiger partial charge >= 0.3 is 0 Å². The van der Waals surface area contributed by atoms with Crippen molar-refractivity contribution >= 4 is 23.3 Å². The summed E-state index contributed by atoms with van der Waals surface area (Å²) in [5.41, 5.74) is 0.421. The molecule has 0 radical (unpaired) electrons. The number of ketones is 2. The maximum atomic E-state index is 13.4. The number of carbonyl (C=O) groups is 2. The molecule has 3 nitrogen and oxygen atoms in total.